The van der Waals surface area contributed by atoms with Gasteiger partial charge < -0.3 is 15.2 Å². The summed E-state index contributed by atoms with van der Waals surface area (Å²) in [6, 6.07) is 16.1. The van der Waals surface area contributed by atoms with Gasteiger partial charge in [-0.05, 0) is 29.7 Å². The van der Waals surface area contributed by atoms with Crippen molar-refractivity contribution in [1.82, 2.24) is 0 Å². The van der Waals surface area contributed by atoms with Gasteiger partial charge in [-0.2, -0.15) is 0 Å². The Morgan fingerprint density at radius 1 is 1.05 bits per heavy atom. The second kappa shape index (κ2) is 7.70. The van der Waals surface area contributed by atoms with Crippen molar-refractivity contribution in [3.8, 4) is 11.5 Å². The van der Waals surface area contributed by atoms with Crippen molar-refractivity contribution in [1.29, 1.82) is 0 Å². The molecule has 0 saturated carbocycles. The average molecular weight is 285 g/mol. The van der Waals surface area contributed by atoms with Crippen LogP contribution in [0.5, 0.6) is 11.5 Å². The number of methoxy groups -OCH3 is 1. The molecule has 0 aliphatic carbocycles. The number of benzene rings is 2. The maximum atomic E-state index is 6.15. The third kappa shape index (κ3) is 4.23. The van der Waals surface area contributed by atoms with Crippen LogP contribution in [-0.4, -0.2) is 7.11 Å². The molecule has 0 saturated heterocycles. The highest BCUT2D eigenvalue weighted by atomic mass is 16.5. The van der Waals surface area contributed by atoms with Crippen LogP contribution in [0.2, 0.25) is 0 Å². The summed E-state index contributed by atoms with van der Waals surface area (Å²) in [5.41, 5.74) is 8.36. The number of hydrogen-bond donors (Lipinski definition) is 1. The molecule has 21 heavy (non-hydrogen) atoms. The van der Waals surface area contributed by atoms with Crippen molar-refractivity contribution in [2.45, 2.75) is 32.4 Å². The summed E-state index contributed by atoms with van der Waals surface area (Å²) >= 11 is 0. The highest BCUT2D eigenvalue weighted by Gasteiger charge is 2.10. The van der Waals surface area contributed by atoms with E-state index in [1.54, 1.807) is 7.11 Å². The Bertz CT molecular complexity index is 554. The molecule has 2 N–H and O–H groups in total. The van der Waals surface area contributed by atoms with Gasteiger partial charge in [0.15, 0.2) is 11.5 Å². The summed E-state index contributed by atoms with van der Waals surface area (Å²) in [7, 11) is 1.65. The zero-order chi connectivity index (χ0) is 15.1. The van der Waals surface area contributed by atoms with E-state index in [1.165, 1.54) is 0 Å². The van der Waals surface area contributed by atoms with Gasteiger partial charge in [0.1, 0.15) is 6.61 Å². The maximum absolute atomic E-state index is 6.15. The lowest BCUT2D eigenvalue weighted by atomic mass is 10.0. The van der Waals surface area contributed by atoms with Crippen LogP contribution in [0.1, 0.15) is 36.9 Å². The molecule has 0 bridgehead atoms. The van der Waals surface area contributed by atoms with Crippen LogP contribution < -0.4 is 15.2 Å². The summed E-state index contributed by atoms with van der Waals surface area (Å²) in [5, 5.41) is 0. The second-order valence-electron chi connectivity index (χ2n) is 5.08. The number of rotatable bonds is 7. The predicted molar refractivity (Wildman–Crippen MR) is 85.6 cm³/mol. The monoisotopic (exact) mass is 285 g/mol. The minimum atomic E-state index is 0.0482. The molecule has 0 radical (unpaired) electrons. The molecule has 0 heterocycles. The summed E-state index contributed by atoms with van der Waals surface area (Å²) in [4.78, 5) is 0. The fraction of sp³-hybridized carbons (Fsp3) is 0.333. The van der Waals surface area contributed by atoms with Gasteiger partial charge >= 0.3 is 0 Å². The molecular weight excluding hydrogens is 262 g/mol. The third-order valence-electron chi connectivity index (χ3n) is 3.45. The third-order valence-corrected chi connectivity index (χ3v) is 3.45. The molecule has 2 aromatic carbocycles. The Kier molecular flexibility index (Phi) is 5.64. The van der Waals surface area contributed by atoms with Crippen LogP contribution in [0.4, 0.5) is 0 Å². The zero-order valence-electron chi connectivity index (χ0n) is 12.7. The SMILES string of the molecule is CCC[C@H](N)c1ccc(OCc2ccccc2)c(OC)c1. The van der Waals surface area contributed by atoms with Crippen LogP contribution in [0, 0.1) is 0 Å². The quantitative estimate of drug-likeness (QED) is 0.834. The Balaban J connectivity index is 2.09. The molecule has 0 aliphatic heterocycles. The van der Waals surface area contributed by atoms with Crippen LogP contribution >= 0.6 is 0 Å². The Morgan fingerprint density at radius 2 is 1.81 bits per heavy atom. The Labute approximate surface area is 126 Å². The fourth-order valence-corrected chi connectivity index (χ4v) is 2.25. The van der Waals surface area contributed by atoms with Gasteiger partial charge in [-0.3, -0.25) is 0 Å². The first-order valence-corrected chi connectivity index (χ1v) is 7.34. The Hall–Kier alpha value is -2.00. The molecule has 112 valence electrons. The standard InChI is InChI=1S/C18H23NO2/c1-3-7-16(19)15-10-11-17(18(12-15)20-2)21-13-14-8-5-4-6-9-14/h4-6,8-12,16H,3,7,13,19H2,1-2H3/t16-/m0/s1. The van der Waals surface area contributed by atoms with Crippen molar-refractivity contribution >= 4 is 0 Å². The van der Waals surface area contributed by atoms with Gasteiger partial charge in [-0.1, -0.05) is 49.7 Å². The molecule has 0 amide bonds. The Morgan fingerprint density at radius 3 is 2.48 bits per heavy atom. The molecule has 0 fully saturated rings. The van der Waals surface area contributed by atoms with Gasteiger partial charge in [0, 0.05) is 6.04 Å². The van der Waals surface area contributed by atoms with Crippen molar-refractivity contribution in [3.05, 3.63) is 59.7 Å². The maximum Gasteiger partial charge on any atom is 0.161 e. The van der Waals surface area contributed by atoms with Crippen molar-refractivity contribution < 1.29 is 9.47 Å². The highest BCUT2D eigenvalue weighted by Crippen LogP contribution is 2.31. The predicted octanol–water partition coefficient (Wildman–Crippen LogP) is 4.07. The molecule has 3 heteroatoms. The first-order chi connectivity index (χ1) is 10.2. The number of ether oxygens (including phenoxy) is 2. The van der Waals surface area contributed by atoms with Crippen molar-refractivity contribution in [3.63, 3.8) is 0 Å². The first kappa shape index (κ1) is 15.4. The molecule has 2 rings (SSSR count). The molecular formula is C18H23NO2. The minimum Gasteiger partial charge on any atom is -0.493 e. The van der Waals surface area contributed by atoms with E-state index >= 15 is 0 Å². The van der Waals surface area contributed by atoms with Crippen molar-refractivity contribution in [2.24, 2.45) is 5.73 Å². The summed E-state index contributed by atoms with van der Waals surface area (Å²) in [6.45, 7) is 2.66. The largest absolute Gasteiger partial charge is 0.493 e. The summed E-state index contributed by atoms with van der Waals surface area (Å²) < 4.78 is 11.3. The van der Waals surface area contributed by atoms with Gasteiger partial charge in [0.2, 0.25) is 0 Å². The van der Waals surface area contributed by atoms with E-state index in [-0.39, 0.29) is 6.04 Å². The van der Waals surface area contributed by atoms with Crippen molar-refractivity contribution in [2.75, 3.05) is 7.11 Å². The van der Waals surface area contributed by atoms with Crippen LogP contribution in [0.25, 0.3) is 0 Å². The lowest BCUT2D eigenvalue weighted by Gasteiger charge is -2.15. The van der Waals surface area contributed by atoms with E-state index < -0.39 is 0 Å². The fourth-order valence-electron chi connectivity index (χ4n) is 2.25. The highest BCUT2D eigenvalue weighted by molar-refractivity contribution is 5.44. The molecule has 2 aromatic rings. The summed E-state index contributed by atoms with van der Waals surface area (Å²) in [5.74, 6) is 1.48. The minimum absolute atomic E-state index is 0.0482. The van der Waals surface area contributed by atoms with E-state index in [2.05, 4.69) is 6.92 Å². The van der Waals surface area contributed by atoms with E-state index in [1.807, 2.05) is 48.5 Å². The lowest BCUT2D eigenvalue weighted by molar-refractivity contribution is 0.284. The van der Waals surface area contributed by atoms with Crippen LogP contribution in [-0.2, 0) is 6.61 Å². The molecule has 3 nitrogen and oxygen atoms in total. The topological polar surface area (TPSA) is 44.5 Å². The molecule has 0 spiro atoms. The van der Waals surface area contributed by atoms with Gasteiger partial charge in [-0.15, -0.1) is 0 Å². The van der Waals surface area contributed by atoms with E-state index in [0.717, 1.165) is 35.5 Å². The first-order valence-electron chi connectivity index (χ1n) is 7.34. The van der Waals surface area contributed by atoms with E-state index in [4.69, 9.17) is 15.2 Å². The zero-order valence-corrected chi connectivity index (χ0v) is 12.7. The second-order valence-corrected chi connectivity index (χ2v) is 5.08. The average Bonchev–Trinajstić information content (AvgIpc) is 2.54. The normalized spacial score (nSPS) is 12.0. The van der Waals surface area contributed by atoms with Crippen LogP contribution in [0.3, 0.4) is 0 Å². The molecule has 0 aromatic heterocycles. The lowest BCUT2D eigenvalue weighted by Crippen LogP contribution is -2.10. The molecule has 0 aliphatic rings. The number of nitrogens with two attached hydrogens (primary N) is 1. The number of hydrogen-bond acceptors (Lipinski definition) is 3. The van der Waals surface area contributed by atoms with Gasteiger partial charge in [-0.25, -0.2) is 0 Å². The van der Waals surface area contributed by atoms with E-state index in [0.29, 0.717) is 6.61 Å². The van der Waals surface area contributed by atoms with Gasteiger partial charge in [0.25, 0.3) is 0 Å². The van der Waals surface area contributed by atoms with Crippen LogP contribution in [0.15, 0.2) is 48.5 Å². The van der Waals surface area contributed by atoms with Gasteiger partial charge in [0.05, 0.1) is 7.11 Å². The van der Waals surface area contributed by atoms with E-state index in [9.17, 15) is 0 Å². The summed E-state index contributed by atoms with van der Waals surface area (Å²) in [6.07, 6.45) is 2.03. The molecule has 0 unspecified atom stereocenters. The smallest absolute Gasteiger partial charge is 0.161 e. The molecule has 1 atom stereocenters.